The number of carboxylic acid groups (broad SMARTS) is 1. The number of carbonyl (C=O) groups excluding carboxylic acids is 1. The summed E-state index contributed by atoms with van der Waals surface area (Å²) in [6.07, 6.45) is 0. The lowest BCUT2D eigenvalue weighted by Crippen LogP contribution is -2.24. The minimum atomic E-state index is -1.10. The number of rotatable bonds is 4. The summed E-state index contributed by atoms with van der Waals surface area (Å²) in [4.78, 5) is 23.5. The summed E-state index contributed by atoms with van der Waals surface area (Å²) in [7, 11) is 0. The van der Waals surface area contributed by atoms with Crippen molar-refractivity contribution in [2.45, 2.75) is 26.4 Å². The number of hydrogen-bond acceptors (Lipinski definition) is 4. The Morgan fingerprint density at radius 3 is 1.87 bits per heavy atom. The summed E-state index contributed by atoms with van der Waals surface area (Å²) in [6, 6.07) is 12.8. The van der Waals surface area contributed by atoms with Crippen molar-refractivity contribution < 1.29 is 24.2 Å². The Morgan fingerprint density at radius 2 is 1.35 bits per heavy atom. The van der Waals surface area contributed by atoms with E-state index < -0.39 is 17.5 Å². The smallest absolute Gasteiger partial charge is 0.342 e. The van der Waals surface area contributed by atoms with Crippen molar-refractivity contribution in [3.63, 3.8) is 0 Å². The summed E-state index contributed by atoms with van der Waals surface area (Å²) >= 11 is 0. The van der Waals surface area contributed by atoms with Gasteiger partial charge in [-0.2, -0.15) is 0 Å². The number of ether oxygens (including phenoxy) is 2. The molecule has 0 unspecified atom stereocenters. The first-order valence-corrected chi connectivity index (χ1v) is 7.10. The lowest BCUT2D eigenvalue weighted by Gasteiger charge is -2.20. The van der Waals surface area contributed by atoms with Crippen LogP contribution in [0.3, 0.4) is 0 Å². The van der Waals surface area contributed by atoms with Gasteiger partial charge in [-0.15, -0.1) is 0 Å². The van der Waals surface area contributed by atoms with Crippen LogP contribution in [0.5, 0.6) is 11.5 Å². The molecule has 0 saturated carbocycles. The zero-order chi connectivity index (χ0) is 17.0. The lowest BCUT2D eigenvalue weighted by molar-refractivity contribution is 0.00671. The molecule has 0 amide bonds. The maximum absolute atomic E-state index is 12.3. The van der Waals surface area contributed by atoms with Crippen molar-refractivity contribution in [1.29, 1.82) is 0 Å². The van der Waals surface area contributed by atoms with Crippen LogP contribution >= 0.6 is 0 Å². The fraction of sp³-hybridized carbons (Fsp3) is 0.222. The second-order valence-corrected chi connectivity index (χ2v) is 5.90. The van der Waals surface area contributed by atoms with E-state index in [0.717, 1.165) is 0 Å². The van der Waals surface area contributed by atoms with E-state index >= 15 is 0 Å². The number of hydrogen-bond donors (Lipinski definition) is 1. The van der Waals surface area contributed by atoms with Gasteiger partial charge in [0.25, 0.3) is 0 Å². The van der Waals surface area contributed by atoms with Gasteiger partial charge in [0.05, 0.1) is 0 Å². The minimum Gasteiger partial charge on any atom is -0.478 e. The molecule has 5 heteroatoms. The van der Waals surface area contributed by atoms with Crippen LogP contribution in [0.4, 0.5) is 0 Å². The van der Waals surface area contributed by atoms with Crippen molar-refractivity contribution in [3.8, 4) is 11.5 Å². The highest BCUT2D eigenvalue weighted by Crippen LogP contribution is 2.29. The lowest BCUT2D eigenvalue weighted by atomic mass is 10.1. The quantitative estimate of drug-likeness (QED) is 0.859. The summed E-state index contributed by atoms with van der Waals surface area (Å²) < 4.78 is 11.0. The largest absolute Gasteiger partial charge is 0.478 e. The number of esters is 1. The van der Waals surface area contributed by atoms with Crippen molar-refractivity contribution >= 4 is 11.9 Å². The summed E-state index contributed by atoms with van der Waals surface area (Å²) in [5.41, 5.74) is -0.377. The van der Waals surface area contributed by atoms with Gasteiger partial charge in [0.15, 0.2) is 0 Å². The van der Waals surface area contributed by atoms with Crippen molar-refractivity contribution in [2.24, 2.45) is 0 Å². The van der Waals surface area contributed by atoms with Crippen LogP contribution in [0.25, 0.3) is 0 Å². The third-order valence-electron chi connectivity index (χ3n) is 2.84. The first-order valence-electron chi connectivity index (χ1n) is 7.10. The zero-order valence-electron chi connectivity index (χ0n) is 13.2. The van der Waals surface area contributed by atoms with E-state index in [1.807, 2.05) is 0 Å². The third kappa shape index (κ3) is 4.32. The Balaban J connectivity index is 2.35. The molecule has 0 aliphatic rings. The highest BCUT2D eigenvalue weighted by atomic mass is 16.6. The molecule has 2 aromatic carbocycles. The van der Waals surface area contributed by atoms with Crippen LogP contribution in [-0.2, 0) is 4.74 Å². The van der Waals surface area contributed by atoms with Crippen LogP contribution in [0, 0.1) is 0 Å². The van der Waals surface area contributed by atoms with Gasteiger partial charge in [-0.05, 0) is 45.0 Å². The molecule has 0 atom stereocenters. The summed E-state index contributed by atoms with van der Waals surface area (Å²) in [5, 5.41) is 9.20. The second-order valence-electron chi connectivity index (χ2n) is 5.90. The van der Waals surface area contributed by atoms with Gasteiger partial charge < -0.3 is 14.6 Å². The Morgan fingerprint density at radius 1 is 0.870 bits per heavy atom. The van der Waals surface area contributed by atoms with E-state index in [9.17, 15) is 14.7 Å². The molecule has 120 valence electrons. The Bertz CT molecular complexity index is 728. The molecule has 0 aliphatic carbocycles. The number of carbonyl (C=O) groups is 2. The normalized spacial score (nSPS) is 10.9. The molecule has 23 heavy (non-hydrogen) atoms. The molecule has 1 N–H and O–H groups in total. The Labute approximate surface area is 134 Å². The van der Waals surface area contributed by atoms with Crippen LogP contribution in [0.15, 0.2) is 48.5 Å². The van der Waals surface area contributed by atoms with Gasteiger partial charge in [0.1, 0.15) is 28.2 Å². The summed E-state index contributed by atoms with van der Waals surface area (Å²) in [5.74, 6) is -1.22. The van der Waals surface area contributed by atoms with Crippen LogP contribution < -0.4 is 4.74 Å². The SMILES string of the molecule is CC(C)(C)OC(=O)c1ccccc1Oc1ccccc1C(=O)O. The number of carboxylic acids is 1. The molecule has 0 bridgehead atoms. The van der Waals surface area contributed by atoms with E-state index in [1.54, 1.807) is 57.2 Å². The van der Waals surface area contributed by atoms with Crippen molar-refractivity contribution in [1.82, 2.24) is 0 Å². The van der Waals surface area contributed by atoms with Crippen LogP contribution in [0.2, 0.25) is 0 Å². The van der Waals surface area contributed by atoms with Gasteiger partial charge in [-0.25, -0.2) is 9.59 Å². The molecule has 0 heterocycles. The molecule has 2 rings (SSSR count). The molecule has 0 aromatic heterocycles. The highest BCUT2D eigenvalue weighted by molar-refractivity contribution is 5.93. The zero-order valence-corrected chi connectivity index (χ0v) is 13.2. The Kier molecular flexibility index (Phi) is 4.69. The van der Waals surface area contributed by atoms with Gasteiger partial charge in [0, 0.05) is 0 Å². The fourth-order valence-electron chi connectivity index (χ4n) is 1.91. The van der Waals surface area contributed by atoms with Crippen molar-refractivity contribution in [2.75, 3.05) is 0 Å². The monoisotopic (exact) mass is 314 g/mol. The topological polar surface area (TPSA) is 72.8 Å². The number of benzene rings is 2. The van der Waals surface area contributed by atoms with Gasteiger partial charge >= 0.3 is 11.9 Å². The molecule has 0 spiro atoms. The maximum Gasteiger partial charge on any atom is 0.342 e. The minimum absolute atomic E-state index is 0.0199. The molecule has 2 aromatic rings. The van der Waals surface area contributed by atoms with E-state index in [2.05, 4.69) is 0 Å². The molecule has 0 aliphatic heterocycles. The van der Waals surface area contributed by atoms with Gasteiger partial charge in [0.2, 0.25) is 0 Å². The number of aromatic carboxylic acids is 1. The number of para-hydroxylation sites is 2. The highest BCUT2D eigenvalue weighted by Gasteiger charge is 2.22. The first-order chi connectivity index (χ1) is 10.8. The summed E-state index contributed by atoms with van der Waals surface area (Å²) in [6.45, 7) is 5.32. The van der Waals surface area contributed by atoms with Gasteiger partial charge in [-0.1, -0.05) is 24.3 Å². The van der Waals surface area contributed by atoms with E-state index in [-0.39, 0.29) is 22.6 Å². The van der Waals surface area contributed by atoms with E-state index in [0.29, 0.717) is 0 Å². The molecule has 0 saturated heterocycles. The second kappa shape index (κ2) is 6.52. The molecule has 0 radical (unpaired) electrons. The predicted molar refractivity (Wildman–Crippen MR) is 85.1 cm³/mol. The molecule has 0 fully saturated rings. The van der Waals surface area contributed by atoms with Crippen LogP contribution in [0.1, 0.15) is 41.5 Å². The predicted octanol–water partition coefficient (Wildman–Crippen LogP) is 4.13. The molecule has 5 nitrogen and oxygen atoms in total. The first kappa shape index (κ1) is 16.5. The average molecular weight is 314 g/mol. The maximum atomic E-state index is 12.3. The fourth-order valence-corrected chi connectivity index (χ4v) is 1.91. The standard InChI is InChI=1S/C18H18O5/c1-18(2,3)23-17(21)13-9-5-7-11-15(13)22-14-10-6-4-8-12(14)16(19)20/h4-11H,1-3H3,(H,19,20). The van der Waals surface area contributed by atoms with Gasteiger partial charge in [-0.3, -0.25) is 0 Å². The molecular weight excluding hydrogens is 296 g/mol. The Hall–Kier alpha value is -2.82. The third-order valence-corrected chi connectivity index (χ3v) is 2.84. The van der Waals surface area contributed by atoms with E-state index in [1.165, 1.54) is 12.1 Å². The average Bonchev–Trinajstić information content (AvgIpc) is 2.46. The molecular formula is C18H18O5. The van der Waals surface area contributed by atoms with Crippen LogP contribution in [-0.4, -0.2) is 22.6 Å². The van der Waals surface area contributed by atoms with E-state index in [4.69, 9.17) is 9.47 Å². The van der Waals surface area contributed by atoms with Crippen molar-refractivity contribution in [3.05, 3.63) is 59.7 Å².